The summed E-state index contributed by atoms with van der Waals surface area (Å²) in [7, 11) is 1.25. The van der Waals surface area contributed by atoms with Crippen LogP contribution >= 0.6 is 31.6 Å². The van der Waals surface area contributed by atoms with Gasteiger partial charge in [-0.1, -0.05) is 189 Å². The number of benzene rings is 8. The highest BCUT2D eigenvalue weighted by atomic mass is 33.2. The van der Waals surface area contributed by atoms with Crippen LogP contribution in [-0.2, 0) is 0 Å². The van der Waals surface area contributed by atoms with E-state index in [-0.39, 0.29) is 0 Å². The van der Waals surface area contributed by atoms with E-state index >= 15 is 0 Å². The molecule has 0 spiro atoms. The van der Waals surface area contributed by atoms with Crippen LogP contribution < -0.4 is 0 Å². The van der Waals surface area contributed by atoms with E-state index in [9.17, 15) is 0 Å². The van der Waals surface area contributed by atoms with E-state index in [2.05, 4.69) is 152 Å². The molecule has 10 rings (SSSR count). The minimum Gasteiger partial charge on any atom is -0.208 e. The van der Waals surface area contributed by atoms with Crippen molar-refractivity contribution in [3.05, 3.63) is 182 Å². The summed E-state index contributed by atoms with van der Waals surface area (Å²) in [5.74, 6) is 4.32. The van der Waals surface area contributed by atoms with Crippen LogP contribution in [0.25, 0.3) is 89.4 Å². The van der Waals surface area contributed by atoms with Crippen molar-refractivity contribution in [2.24, 2.45) is 0 Å². The molecule has 0 radical (unpaired) electrons. The highest BCUT2D eigenvalue weighted by molar-refractivity contribution is 8.94. The third kappa shape index (κ3) is 7.23. The molecule has 6 heteroatoms. The van der Waals surface area contributed by atoms with Crippen LogP contribution in [-0.4, -0.2) is 32.7 Å². The molecule has 0 fully saturated rings. The molecule has 1 unspecified atom stereocenters. The highest BCUT2D eigenvalue weighted by Gasteiger charge is 2.25. The minimum atomic E-state index is -0.879. The molecule has 2 heterocycles. The van der Waals surface area contributed by atoms with Gasteiger partial charge in [0.05, 0.1) is 0 Å². The topological polar surface area (TPSA) is 38.7 Å². The Kier molecular flexibility index (Phi) is 10.4. The fourth-order valence-electron chi connectivity index (χ4n) is 8.16. The summed E-state index contributed by atoms with van der Waals surface area (Å²) in [5, 5.41) is 2.67. The average molecular weight is 830 g/mol. The maximum Gasteiger partial charge on any atom is 0.164 e. The van der Waals surface area contributed by atoms with E-state index in [1.54, 1.807) is 0 Å². The van der Waals surface area contributed by atoms with Gasteiger partial charge in [0, 0.05) is 31.9 Å². The molecule has 9 aromatic rings. The Morgan fingerprint density at radius 3 is 1.42 bits per heavy atom. The van der Waals surface area contributed by atoms with Crippen LogP contribution in [0.1, 0.15) is 13.8 Å². The maximum atomic E-state index is 4.90. The molecule has 1 aromatic heterocycles. The van der Waals surface area contributed by atoms with Crippen molar-refractivity contribution in [2.75, 3.05) is 17.8 Å². The van der Waals surface area contributed by atoms with Crippen molar-refractivity contribution < 1.29 is 0 Å². The Morgan fingerprint density at radius 2 is 0.900 bits per heavy atom. The van der Waals surface area contributed by atoms with Crippen molar-refractivity contribution >= 4 is 42.4 Å². The van der Waals surface area contributed by atoms with Crippen molar-refractivity contribution in [3.8, 4) is 78.7 Å². The third-order valence-electron chi connectivity index (χ3n) is 11.5. The number of hydrogen-bond acceptors (Lipinski definition) is 5. The molecule has 0 saturated carbocycles. The SMILES string of the molecule is CCSS(C)(CC)c1ccc2c(c1)Sc1cccc3c(-c4ccc(-c5ccc(-c6ccc(-c7nc(-c8ccccc8)nc(-c8ccccc8)n7)cc6)cc5)cc4)ccc-2c13. The van der Waals surface area contributed by atoms with Crippen molar-refractivity contribution in [2.45, 2.75) is 28.5 Å². The smallest absolute Gasteiger partial charge is 0.164 e. The molecule has 3 nitrogen and oxygen atoms in total. The number of aromatic nitrogens is 3. The standard InChI is InChI=1S/C54H43N3S3/c1-4-58-60(3,5-2)44-31-32-46-48-34-33-45(47-17-12-18-49(51(47)48)59-50(46)35-44)40-27-23-38(24-28-40)36-19-21-37(22-20-36)39-25-29-43(30-26-39)54-56-52(41-13-8-6-9-14-41)55-53(57-54)42-15-10-7-11-16-42/h6-35H,4-5H2,1-3H3. The lowest BCUT2D eigenvalue weighted by molar-refractivity contribution is 1.07. The molecular weight excluding hydrogens is 787 g/mol. The van der Waals surface area contributed by atoms with Gasteiger partial charge in [-0.2, -0.15) is 9.06 Å². The van der Waals surface area contributed by atoms with Crippen LogP contribution in [0.15, 0.2) is 197 Å². The molecule has 0 saturated heterocycles. The van der Waals surface area contributed by atoms with Gasteiger partial charge in [0.15, 0.2) is 17.5 Å². The lowest BCUT2D eigenvalue weighted by Gasteiger charge is -2.35. The zero-order chi connectivity index (χ0) is 40.6. The van der Waals surface area contributed by atoms with Gasteiger partial charge >= 0.3 is 0 Å². The average Bonchev–Trinajstić information content (AvgIpc) is 3.32. The zero-order valence-corrected chi connectivity index (χ0v) is 36.3. The van der Waals surface area contributed by atoms with Crippen molar-refractivity contribution in [3.63, 3.8) is 0 Å². The first-order valence-electron chi connectivity index (χ1n) is 20.4. The fraction of sp³-hybridized carbons (Fsp3) is 0.0926. The first-order chi connectivity index (χ1) is 29.5. The number of hydrogen-bond donors (Lipinski definition) is 0. The van der Waals surface area contributed by atoms with Gasteiger partial charge in [-0.25, -0.2) is 15.0 Å². The molecule has 1 aliphatic rings. The fourth-order valence-corrected chi connectivity index (χ4v) is 14.1. The second-order valence-corrected chi connectivity index (χ2v) is 22.9. The minimum absolute atomic E-state index is 0.654. The summed E-state index contributed by atoms with van der Waals surface area (Å²) in [6.45, 7) is 4.62. The summed E-state index contributed by atoms with van der Waals surface area (Å²) in [5.41, 5.74) is 12.8. The molecule has 60 heavy (non-hydrogen) atoms. The molecule has 0 bridgehead atoms. The van der Waals surface area contributed by atoms with E-state index < -0.39 is 9.06 Å². The van der Waals surface area contributed by atoms with Gasteiger partial charge in [-0.15, -0.1) is 10.8 Å². The third-order valence-corrected chi connectivity index (χ3v) is 19.3. The molecule has 292 valence electrons. The second-order valence-electron chi connectivity index (χ2n) is 15.1. The van der Waals surface area contributed by atoms with E-state index in [0.29, 0.717) is 17.5 Å². The summed E-state index contributed by atoms with van der Waals surface area (Å²) in [6.07, 6.45) is 2.47. The lowest BCUT2D eigenvalue weighted by atomic mass is 9.91. The summed E-state index contributed by atoms with van der Waals surface area (Å²) in [6, 6.07) is 65.3. The molecular formula is C54H43N3S3. The van der Waals surface area contributed by atoms with Gasteiger partial charge < -0.3 is 0 Å². The molecule has 0 amide bonds. The quantitative estimate of drug-likeness (QED) is 0.128. The first kappa shape index (κ1) is 38.3. The summed E-state index contributed by atoms with van der Waals surface area (Å²) in [4.78, 5) is 18.9. The van der Waals surface area contributed by atoms with E-state index in [1.165, 1.54) is 64.6 Å². The lowest BCUT2D eigenvalue weighted by Crippen LogP contribution is -2.00. The maximum absolute atomic E-state index is 4.90. The van der Waals surface area contributed by atoms with Crippen molar-refractivity contribution in [1.29, 1.82) is 0 Å². The Balaban J connectivity index is 0.894. The van der Waals surface area contributed by atoms with E-state index in [1.807, 2.05) is 72.4 Å². The predicted octanol–water partition coefficient (Wildman–Crippen LogP) is 15.6. The molecule has 1 atom stereocenters. The Labute approximate surface area is 362 Å². The van der Waals surface area contributed by atoms with Gasteiger partial charge in [0.25, 0.3) is 0 Å². The summed E-state index contributed by atoms with van der Waals surface area (Å²) >= 11 is 1.93. The number of rotatable bonds is 10. The number of nitrogens with zero attached hydrogens (tertiary/aromatic N) is 3. The van der Waals surface area contributed by atoms with Crippen LogP contribution in [0.2, 0.25) is 0 Å². The normalized spacial score (nSPS) is 13.4. The van der Waals surface area contributed by atoms with Gasteiger partial charge in [0.2, 0.25) is 0 Å². The Bertz CT molecular complexity index is 2930. The van der Waals surface area contributed by atoms with Crippen LogP contribution in [0.4, 0.5) is 0 Å². The van der Waals surface area contributed by atoms with E-state index in [4.69, 9.17) is 15.0 Å². The molecule has 1 aliphatic heterocycles. The second kappa shape index (κ2) is 16.3. The largest absolute Gasteiger partial charge is 0.208 e. The highest BCUT2D eigenvalue weighted by Crippen LogP contribution is 2.64. The van der Waals surface area contributed by atoms with E-state index in [0.717, 1.165) is 33.6 Å². The van der Waals surface area contributed by atoms with Gasteiger partial charge in [0.1, 0.15) is 0 Å². The van der Waals surface area contributed by atoms with Crippen LogP contribution in [0.5, 0.6) is 0 Å². The predicted molar refractivity (Wildman–Crippen MR) is 260 cm³/mol. The molecule has 0 aliphatic carbocycles. The van der Waals surface area contributed by atoms with Crippen LogP contribution in [0, 0.1) is 0 Å². The van der Waals surface area contributed by atoms with Crippen LogP contribution in [0.3, 0.4) is 0 Å². The summed E-state index contributed by atoms with van der Waals surface area (Å²) < 4.78 is 0. The first-order valence-corrected chi connectivity index (χ1v) is 25.0. The number of fused-ring (bicyclic) bond motifs is 2. The van der Waals surface area contributed by atoms with Gasteiger partial charge in [-0.3, -0.25) is 0 Å². The monoisotopic (exact) mass is 829 g/mol. The zero-order valence-electron chi connectivity index (χ0n) is 33.8. The van der Waals surface area contributed by atoms with Crippen molar-refractivity contribution in [1.82, 2.24) is 15.0 Å². The Morgan fingerprint density at radius 1 is 0.433 bits per heavy atom. The molecule has 0 N–H and O–H groups in total. The molecule has 8 aromatic carbocycles. The van der Waals surface area contributed by atoms with Gasteiger partial charge in [-0.05, 0) is 90.7 Å². The Hall–Kier alpha value is -5.92.